The van der Waals surface area contributed by atoms with Crippen LogP contribution in [0.25, 0.3) is 0 Å². The van der Waals surface area contributed by atoms with E-state index in [1.165, 1.54) is 12.0 Å². The minimum Gasteiger partial charge on any atom is -0.484 e. The lowest BCUT2D eigenvalue weighted by Gasteiger charge is -2.34. The maximum absolute atomic E-state index is 13.3. The van der Waals surface area contributed by atoms with Gasteiger partial charge in [0, 0.05) is 18.2 Å². The van der Waals surface area contributed by atoms with Gasteiger partial charge in [-0.15, -0.1) is 0 Å². The Morgan fingerprint density at radius 1 is 1.31 bits per heavy atom. The molecule has 2 heterocycles. The highest BCUT2D eigenvalue weighted by atomic mass is 16.5. The van der Waals surface area contributed by atoms with Gasteiger partial charge in [-0.2, -0.15) is 0 Å². The summed E-state index contributed by atoms with van der Waals surface area (Å²) in [6, 6.07) is -1.89. The second-order valence-electron chi connectivity index (χ2n) is 8.62. The number of carboxylic acids is 1. The van der Waals surface area contributed by atoms with E-state index in [0.29, 0.717) is 18.7 Å². The molecule has 162 valence electrons. The van der Waals surface area contributed by atoms with Crippen LogP contribution < -0.4 is 5.32 Å². The third-order valence-electron chi connectivity index (χ3n) is 5.51. The molecule has 0 aromatic carbocycles. The number of nitrogens with zero attached hydrogens (tertiary/aromatic N) is 2. The fourth-order valence-corrected chi connectivity index (χ4v) is 3.92. The van der Waals surface area contributed by atoms with Crippen LogP contribution in [0.2, 0.25) is 0 Å². The largest absolute Gasteiger partial charge is 0.484 e. The van der Waals surface area contributed by atoms with Crippen molar-refractivity contribution in [1.82, 2.24) is 10.2 Å². The molecule has 0 radical (unpaired) electrons. The molecule has 2 N–H and O–H groups in total. The van der Waals surface area contributed by atoms with Gasteiger partial charge in [0.15, 0.2) is 5.90 Å². The molecule has 9 heteroatoms. The number of carbonyl (C=O) groups excluding carboxylic acids is 2. The lowest BCUT2D eigenvalue weighted by atomic mass is 9.85. The number of methoxy groups -OCH3 is 2. The fraction of sp³-hybridized carbons (Fsp3) is 0.700. The van der Waals surface area contributed by atoms with Crippen molar-refractivity contribution in [2.45, 2.75) is 52.6 Å². The Balaban J connectivity index is 2.28. The van der Waals surface area contributed by atoms with Crippen LogP contribution in [0.4, 0.5) is 4.79 Å². The Hall–Kier alpha value is -2.58. The average Bonchev–Trinajstić information content (AvgIpc) is 3.09. The van der Waals surface area contributed by atoms with Crippen LogP contribution in [0.1, 0.15) is 40.5 Å². The van der Waals surface area contributed by atoms with E-state index < -0.39 is 35.5 Å². The summed E-state index contributed by atoms with van der Waals surface area (Å²) < 4.78 is 10.1. The molecule has 29 heavy (non-hydrogen) atoms. The van der Waals surface area contributed by atoms with Crippen molar-refractivity contribution in [1.29, 1.82) is 0 Å². The summed E-state index contributed by atoms with van der Waals surface area (Å²) in [7, 11) is 2.77. The number of amides is 2. The summed E-state index contributed by atoms with van der Waals surface area (Å²) in [5.74, 6) is -1.14. The fourth-order valence-electron chi connectivity index (χ4n) is 3.92. The lowest BCUT2D eigenvalue weighted by molar-refractivity contribution is -0.150. The minimum atomic E-state index is -1.06. The van der Waals surface area contributed by atoms with Crippen molar-refractivity contribution in [2.75, 3.05) is 20.8 Å². The second-order valence-corrected chi connectivity index (χ2v) is 8.62. The van der Waals surface area contributed by atoms with Crippen LogP contribution in [0.5, 0.6) is 0 Å². The van der Waals surface area contributed by atoms with Crippen LogP contribution in [-0.4, -0.2) is 66.7 Å². The Morgan fingerprint density at radius 3 is 2.48 bits per heavy atom. The number of ether oxygens (including phenoxy) is 2. The summed E-state index contributed by atoms with van der Waals surface area (Å²) in [6.07, 6.45) is 2.24. The predicted octanol–water partition coefficient (Wildman–Crippen LogP) is 2.03. The number of aliphatic carboxylic acids is 1. The molecule has 0 saturated carbocycles. The van der Waals surface area contributed by atoms with Crippen molar-refractivity contribution in [3.63, 3.8) is 0 Å². The molecule has 4 atom stereocenters. The first kappa shape index (κ1) is 22.7. The molecule has 2 aliphatic heterocycles. The standard InChI is InChI=1S/C20H31N3O6/c1-11-7-8-13(16(21-11)28-5)12-9-14(18(25)26)23(10-12)17(24)15(20(2,3)4)22-19(27)29-6/h7,12-15H,8-10H2,1-6H3,(H,22,27)(H,25,26)/t12-,13?,14+,15-/m1/s1. The Bertz CT molecular complexity index is 724. The zero-order valence-electron chi connectivity index (χ0n) is 17.9. The number of allylic oxidation sites excluding steroid dienone is 2. The second kappa shape index (κ2) is 8.84. The summed E-state index contributed by atoms with van der Waals surface area (Å²) in [4.78, 5) is 42.8. The Kier molecular flexibility index (Phi) is 6.92. The first-order valence-electron chi connectivity index (χ1n) is 9.66. The minimum absolute atomic E-state index is 0.0926. The van der Waals surface area contributed by atoms with Crippen molar-refractivity contribution in [3.05, 3.63) is 11.8 Å². The van der Waals surface area contributed by atoms with E-state index in [0.717, 1.165) is 5.70 Å². The SMILES string of the molecule is COC(=O)N[C@H](C(=O)N1C[C@H](C2CC=C(C)N=C2OC)C[C@H]1C(=O)O)C(C)(C)C. The van der Waals surface area contributed by atoms with Gasteiger partial charge < -0.3 is 24.8 Å². The van der Waals surface area contributed by atoms with E-state index in [4.69, 9.17) is 4.74 Å². The molecule has 1 saturated heterocycles. The van der Waals surface area contributed by atoms with E-state index in [2.05, 4.69) is 15.0 Å². The molecule has 9 nitrogen and oxygen atoms in total. The molecular weight excluding hydrogens is 378 g/mol. The molecule has 0 aromatic heterocycles. The molecule has 0 bridgehead atoms. The van der Waals surface area contributed by atoms with Gasteiger partial charge in [-0.3, -0.25) is 4.79 Å². The van der Waals surface area contributed by atoms with Crippen molar-refractivity contribution in [3.8, 4) is 0 Å². The zero-order valence-corrected chi connectivity index (χ0v) is 17.9. The number of hydrogen-bond acceptors (Lipinski definition) is 6. The van der Waals surface area contributed by atoms with Crippen LogP contribution in [0, 0.1) is 17.3 Å². The maximum atomic E-state index is 13.3. The van der Waals surface area contributed by atoms with E-state index in [1.54, 1.807) is 27.9 Å². The average molecular weight is 409 g/mol. The van der Waals surface area contributed by atoms with Crippen molar-refractivity contribution >= 4 is 23.9 Å². The van der Waals surface area contributed by atoms with Crippen molar-refractivity contribution in [2.24, 2.45) is 22.2 Å². The van der Waals surface area contributed by atoms with Crippen LogP contribution >= 0.6 is 0 Å². The highest BCUT2D eigenvalue weighted by Crippen LogP contribution is 2.36. The number of alkyl carbamates (subject to hydrolysis) is 1. The first-order chi connectivity index (χ1) is 13.5. The molecule has 1 fully saturated rings. The topological polar surface area (TPSA) is 118 Å². The molecule has 0 aliphatic carbocycles. The van der Waals surface area contributed by atoms with Gasteiger partial charge in [0.2, 0.25) is 5.91 Å². The number of aliphatic imine (C=N–C) groups is 1. The number of hydrogen-bond donors (Lipinski definition) is 2. The highest BCUT2D eigenvalue weighted by Gasteiger charge is 2.47. The quantitative estimate of drug-likeness (QED) is 0.734. The summed E-state index contributed by atoms with van der Waals surface area (Å²) in [5, 5.41) is 12.3. The molecule has 0 spiro atoms. The van der Waals surface area contributed by atoms with Gasteiger partial charge in [-0.05, 0) is 31.1 Å². The predicted molar refractivity (Wildman–Crippen MR) is 106 cm³/mol. The Labute approximate surface area is 171 Å². The third kappa shape index (κ3) is 5.07. The summed E-state index contributed by atoms with van der Waals surface area (Å²) in [6.45, 7) is 7.55. The Morgan fingerprint density at radius 2 is 1.97 bits per heavy atom. The van der Waals surface area contributed by atoms with Crippen LogP contribution in [-0.2, 0) is 19.1 Å². The normalized spacial score (nSPS) is 25.6. The van der Waals surface area contributed by atoms with E-state index in [1.807, 2.05) is 13.0 Å². The number of carbonyl (C=O) groups is 3. The molecule has 2 aliphatic rings. The van der Waals surface area contributed by atoms with Gasteiger partial charge >= 0.3 is 12.1 Å². The van der Waals surface area contributed by atoms with Gasteiger partial charge in [0.25, 0.3) is 0 Å². The molecule has 0 aromatic rings. The van der Waals surface area contributed by atoms with E-state index in [9.17, 15) is 19.5 Å². The number of carboxylic acid groups (broad SMARTS) is 1. The van der Waals surface area contributed by atoms with Gasteiger partial charge in [-0.1, -0.05) is 26.8 Å². The molecular formula is C20H31N3O6. The zero-order chi connectivity index (χ0) is 21.9. The molecule has 2 rings (SSSR count). The van der Waals surface area contributed by atoms with Gasteiger partial charge in [0.05, 0.1) is 14.2 Å². The van der Waals surface area contributed by atoms with Gasteiger partial charge in [-0.25, -0.2) is 14.6 Å². The monoisotopic (exact) mass is 409 g/mol. The van der Waals surface area contributed by atoms with Gasteiger partial charge in [0.1, 0.15) is 12.1 Å². The van der Waals surface area contributed by atoms with Crippen LogP contribution in [0.3, 0.4) is 0 Å². The maximum Gasteiger partial charge on any atom is 0.407 e. The van der Waals surface area contributed by atoms with Crippen molar-refractivity contribution < 1.29 is 29.0 Å². The summed E-state index contributed by atoms with van der Waals surface area (Å²) in [5.41, 5.74) is 0.227. The smallest absolute Gasteiger partial charge is 0.407 e. The molecule has 1 unspecified atom stereocenters. The molecule has 2 amide bonds. The summed E-state index contributed by atoms with van der Waals surface area (Å²) >= 11 is 0. The highest BCUT2D eigenvalue weighted by molar-refractivity contribution is 5.91. The van der Waals surface area contributed by atoms with E-state index >= 15 is 0 Å². The first-order valence-corrected chi connectivity index (χ1v) is 9.66. The van der Waals surface area contributed by atoms with Crippen LogP contribution in [0.15, 0.2) is 16.8 Å². The van der Waals surface area contributed by atoms with E-state index in [-0.39, 0.29) is 18.4 Å². The number of rotatable bonds is 4. The number of likely N-dealkylation sites (tertiary alicyclic amines) is 1. The third-order valence-corrected chi connectivity index (χ3v) is 5.51. The number of nitrogens with one attached hydrogen (secondary N) is 1. The lowest BCUT2D eigenvalue weighted by Crippen LogP contribution is -2.56.